The number of carbonyl (C=O) groups is 1. The van der Waals surface area contributed by atoms with Gasteiger partial charge in [0.2, 0.25) is 5.91 Å². The highest BCUT2D eigenvalue weighted by Gasteiger charge is 2.52. The average Bonchev–Trinajstić information content (AvgIpc) is 3.45. The summed E-state index contributed by atoms with van der Waals surface area (Å²) in [4.78, 5) is 17.3. The highest BCUT2D eigenvalue weighted by Crippen LogP contribution is 2.48. The van der Waals surface area contributed by atoms with Crippen LogP contribution in [0.15, 0.2) is 24.3 Å². The van der Waals surface area contributed by atoms with Crippen molar-refractivity contribution in [1.29, 1.82) is 0 Å². The number of rotatable bonds is 6. The molecule has 1 aromatic rings. The van der Waals surface area contributed by atoms with Crippen LogP contribution in [0.4, 0.5) is 0 Å². The molecule has 2 saturated carbocycles. The van der Waals surface area contributed by atoms with Crippen molar-refractivity contribution in [3.63, 3.8) is 0 Å². The van der Waals surface area contributed by atoms with E-state index >= 15 is 0 Å². The Kier molecular flexibility index (Phi) is 5.22. The van der Waals surface area contributed by atoms with Gasteiger partial charge in [0.05, 0.1) is 25.7 Å². The van der Waals surface area contributed by atoms with Crippen LogP contribution in [0, 0.1) is 17.3 Å². The smallest absolute Gasteiger partial charge is 0.230 e. The van der Waals surface area contributed by atoms with Crippen molar-refractivity contribution < 1.29 is 14.3 Å². The lowest BCUT2D eigenvalue weighted by molar-refractivity contribution is -0.161. The lowest BCUT2D eigenvalue weighted by Crippen LogP contribution is -2.61. The van der Waals surface area contributed by atoms with Crippen LogP contribution in [0.2, 0.25) is 0 Å². The summed E-state index contributed by atoms with van der Waals surface area (Å²) in [6.45, 7) is 6.54. The molecule has 3 saturated heterocycles. The standard InChI is InChI=1S/C26H36N2O3/c29-25(21-15-30-16-21)28-17-26(18-28)10-7-22(13-26)27-11-8-20(9-12-27)23-3-1-2-4-24(23)31-14-19-5-6-19/h1-4,19-22H,5-18H2/t22-/m1/s1. The van der Waals surface area contributed by atoms with Gasteiger partial charge < -0.3 is 19.3 Å². The van der Waals surface area contributed by atoms with Crippen LogP contribution in [0.1, 0.15) is 56.4 Å². The van der Waals surface area contributed by atoms with Crippen LogP contribution in [0.25, 0.3) is 0 Å². The van der Waals surface area contributed by atoms with Crippen molar-refractivity contribution in [2.45, 2.75) is 56.9 Å². The van der Waals surface area contributed by atoms with Gasteiger partial charge in [-0.05, 0) is 81.5 Å². The number of ether oxygens (including phenoxy) is 2. The molecule has 3 heterocycles. The average molecular weight is 425 g/mol. The summed E-state index contributed by atoms with van der Waals surface area (Å²) in [7, 11) is 0. The molecule has 2 aliphatic carbocycles. The number of nitrogens with zero attached hydrogens (tertiary/aromatic N) is 2. The monoisotopic (exact) mass is 424 g/mol. The predicted molar refractivity (Wildman–Crippen MR) is 119 cm³/mol. The first-order valence-corrected chi connectivity index (χ1v) is 12.5. The molecule has 1 amide bonds. The van der Waals surface area contributed by atoms with Crippen molar-refractivity contribution in [3.05, 3.63) is 29.8 Å². The summed E-state index contributed by atoms with van der Waals surface area (Å²) in [5, 5.41) is 0. The number of likely N-dealkylation sites (tertiary alicyclic amines) is 2. The molecule has 1 aromatic carbocycles. The van der Waals surface area contributed by atoms with Crippen molar-refractivity contribution in [2.75, 3.05) is 46.0 Å². The maximum Gasteiger partial charge on any atom is 0.230 e. The van der Waals surface area contributed by atoms with Gasteiger partial charge in [0, 0.05) is 24.5 Å². The van der Waals surface area contributed by atoms with Crippen LogP contribution in [-0.2, 0) is 9.53 Å². The third kappa shape index (κ3) is 4.00. The summed E-state index contributed by atoms with van der Waals surface area (Å²) in [6.07, 6.45) is 9.03. The second-order valence-corrected chi connectivity index (χ2v) is 10.9. The predicted octanol–water partition coefficient (Wildman–Crippen LogP) is 3.68. The molecule has 5 fully saturated rings. The zero-order valence-electron chi connectivity index (χ0n) is 18.6. The Hall–Kier alpha value is -1.59. The van der Waals surface area contributed by atoms with Gasteiger partial charge in [0.15, 0.2) is 0 Å². The zero-order chi connectivity index (χ0) is 20.8. The summed E-state index contributed by atoms with van der Waals surface area (Å²) in [5.41, 5.74) is 1.84. The first-order chi connectivity index (χ1) is 15.2. The van der Waals surface area contributed by atoms with Gasteiger partial charge in [-0.3, -0.25) is 4.79 Å². The number of hydrogen-bond acceptors (Lipinski definition) is 4. The van der Waals surface area contributed by atoms with Gasteiger partial charge in [0.1, 0.15) is 5.75 Å². The molecule has 1 spiro atoms. The molecule has 5 nitrogen and oxygen atoms in total. The molecule has 31 heavy (non-hydrogen) atoms. The molecule has 6 rings (SSSR count). The van der Waals surface area contributed by atoms with E-state index in [1.165, 1.54) is 63.6 Å². The SMILES string of the molecule is O=C(C1COC1)N1CC2(CC[C@@H](N3CCC(c4ccccc4OCC4CC4)CC3)C2)C1. The van der Waals surface area contributed by atoms with Gasteiger partial charge in [-0.1, -0.05) is 18.2 Å². The number of para-hydroxylation sites is 1. The minimum Gasteiger partial charge on any atom is -0.493 e. The van der Waals surface area contributed by atoms with Crippen molar-refractivity contribution in [1.82, 2.24) is 9.80 Å². The van der Waals surface area contributed by atoms with E-state index in [9.17, 15) is 4.79 Å². The molecular formula is C26H36N2O3. The Balaban J connectivity index is 1.00. The number of benzene rings is 1. The number of amides is 1. The second kappa shape index (κ2) is 8.08. The van der Waals surface area contributed by atoms with Gasteiger partial charge in [-0.15, -0.1) is 0 Å². The lowest BCUT2D eigenvalue weighted by Gasteiger charge is -2.50. The fraction of sp³-hybridized carbons (Fsp3) is 0.731. The van der Waals surface area contributed by atoms with E-state index in [-0.39, 0.29) is 5.92 Å². The largest absolute Gasteiger partial charge is 0.493 e. The Bertz CT molecular complexity index is 805. The normalized spacial score (nSPS) is 29.0. The maximum atomic E-state index is 12.4. The molecule has 1 atom stereocenters. The van der Waals surface area contributed by atoms with Gasteiger partial charge >= 0.3 is 0 Å². The highest BCUT2D eigenvalue weighted by molar-refractivity contribution is 5.80. The van der Waals surface area contributed by atoms with Gasteiger partial charge in [0.25, 0.3) is 0 Å². The van der Waals surface area contributed by atoms with E-state index in [0.29, 0.717) is 36.5 Å². The molecule has 5 heteroatoms. The van der Waals surface area contributed by atoms with E-state index in [4.69, 9.17) is 9.47 Å². The number of carbonyl (C=O) groups excluding carboxylic acids is 1. The Morgan fingerprint density at radius 3 is 2.55 bits per heavy atom. The van der Waals surface area contributed by atoms with E-state index in [2.05, 4.69) is 34.1 Å². The molecule has 0 radical (unpaired) electrons. The zero-order valence-corrected chi connectivity index (χ0v) is 18.6. The van der Waals surface area contributed by atoms with Crippen LogP contribution in [0.5, 0.6) is 5.75 Å². The first kappa shape index (κ1) is 20.0. The fourth-order valence-corrected chi connectivity index (χ4v) is 6.35. The second-order valence-electron chi connectivity index (χ2n) is 10.9. The molecule has 0 aromatic heterocycles. The van der Waals surface area contributed by atoms with Crippen LogP contribution < -0.4 is 4.74 Å². The van der Waals surface area contributed by atoms with E-state index in [1.807, 2.05) is 0 Å². The topological polar surface area (TPSA) is 42.0 Å². The summed E-state index contributed by atoms with van der Waals surface area (Å²) >= 11 is 0. The van der Waals surface area contributed by atoms with E-state index < -0.39 is 0 Å². The lowest BCUT2D eigenvalue weighted by atomic mass is 9.77. The van der Waals surface area contributed by atoms with Crippen LogP contribution in [-0.4, -0.2) is 67.7 Å². The van der Waals surface area contributed by atoms with Crippen LogP contribution >= 0.6 is 0 Å². The van der Waals surface area contributed by atoms with Crippen molar-refractivity contribution >= 4 is 5.91 Å². The Morgan fingerprint density at radius 1 is 1.06 bits per heavy atom. The Labute approximate surface area is 186 Å². The van der Waals surface area contributed by atoms with E-state index in [1.54, 1.807) is 0 Å². The first-order valence-electron chi connectivity index (χ1n) is 12.5. The number of piperidine rings is 1. The molecule has 168 valence electrons. The number of hydrogen-bond donors (Lipinski definition) is 0. The molecule has 3 aliphatic heterocycles. The molecule has 5 aliphatic rings. The molecule has 0 bridgehead atoms. The Morgan fingerprint density at radius 2 is 1.84 bits per heavy atom. The molecule has 0 N–H and O–H groups in total. The summed E-state index contributed by atoms with van der Waals surface area (Å²) in [6, 6.07) is 9.46. The van der Waals surface area contributed by atoms with Crippen molar-refractivity contribution in [2.24, 2.45) is 17.3 Å². The summed E-state index contributed by atoms with van der Waals surface area (Å²) < 4.78 is 11.4. The quantitative estimate of drug-likeness (QED) is 0.699. The minimum atomic E-state index is 0.143. The van der Waals surface area contributed by atoms with E-state index in [0.717, 1.165) is 31.4 Å². The van der Waals surface area contributed by atoms with Crippen LogP contribution in [0.3, 0.4) is 0 Å². The third-order valence-electron chi connectivity index (χ3n) is 8.60. The molecule has 0 unspecified atom stereocenters. The fourth-order valence-electron chi connectivity index (χ4n) is 6.35. The minimum absolute atomic E-state index is 0.143. The highest BCUT2D eigenvalue weighted by atomic mass is 16.5. The van der Waals surface area contributed by atoms with Gasteiger partial charge in [-0.2, -0.15) is 0 Å². The summed E-state index contributed by atoms with van der Waals surface area (Å²) in [5.74, 6) is 3.03. The van der Waals surface area contributed by atoms with Crippen molar-refractivity contribution in [3.8, 4) is 5.75 Å². The molecular weight excluding hydrogens is 388 g/mol. The van der Waals surface area contributed by atoms with Gasteiger partial charge in [-0.25, -0.2) is 0 Å². The third-order valence-corrected chi connectivity index (χ3v) is 8.60. The maximum absolute atomic E-state index is 12.4.